The van der Waals surface area contributed by atoms with Crippen LogP contribution in [0.5, 0.6) is 0 Å². The van der Waals surface area contributed by atoms with E-state index in [1.54, 1.807) is 0 Å². The summed E-state index contributed by atoms with van der Waals surface area (Å²) in [6.45, 7) is 27.3. The largest absolute Gasteiger partial charge is 0.445 e. The van der Waals surface area contributed by atoms with E-state index in [-0.39, 0.29) is 28.3 Å². The quantitative estimate of drug-likeness (QED) is 0.179. The van der Waals surface area contributed by atoms with Crippen molar-refractivity contribution in [3.05, 3.63) is 118 Å². The summed E-state index contributed by atoms with van der Waals surface area (Å²) >= 11 is 0. The average Bonchev–Trinajstić information content (AvgIpc) is 3.50. The molecular weight excluding hydrogens is 734 g/mol. The van der Waals surface area contributed by atoms with Gasteiger partial charge in [-0.2, -0.15) is 0 Å². The molecule has 4 aromatic carbocycles. The Kier molecular flexibility index (Phi) is 10.1. The van der Waals surface area contributed by atoms with Crippen LogP contribution in [0.2, 0.25) is 0 Å². The molecule has 302 valence electrons. The van der Waals surface area contributed by atoms with Crippen LogP contribution in [0, 0.1) is 0 Å². The zero-order chi connectivity index (χ0) is 40.7. The van der Waals surface area contributed by atoms with Crippen LogP contribution in [0.3, 0.4) is 0 Å². The Bertz CT molecular complexity index is 2250. The lowest BCUT2D eigenvalue weighted by Crippen LogP contribution is -2.62. The number of rotatable bonds is 4. The highest BCUT2D eigenvalue weighted by molar-refractivity contribution is 7.31. The summed E-state index contributed by atoms with van der Waals surface area (Å²) < 4.78 is 47.8. The highest BCUT2D eigenvalue weighted by Gasteiger charge is 2.55. The third kappa shape index (κ3) is 7.84. The lowest BCUT2D eigenvalue weighted by Gasteiger charge is -2.45. The zero-order valence-electron chi connectivity index (χ0n) is 35.5. The van der Waals surface area contributed by atoms with Crippen molar-refractivity contribution in [1.82, 2.24) is 0 Å². The third-order valence-corrected chi connectivity index (χ3v) is 12.3. The molecule has 0 spiro atoms. The molecule has 0 bridgehead atoms. The average molecular weight is 792 g/mol. The number of hydrogen-bond acceptors (Lipinski definition) is 8. The number of nitrogens with zero attached hydrogens (tertiary/aromatic N) is 1. The molecule has 1 aromatic heterocycles. The summed E-state index contributed by atoms with van der Waals surface area (Å²) in [5.74, 6) is 0.499. The number of benzene rings is 4. The van der Waals surface area contributed by atoms with Crippen molar-refractivity contribution in [2.45, 2.75) is 142 Å². The van der Waals surface area contributed by atoms with E-state index in [0.717, 1.165) is 44.2 Å². The Labute approximate surface area is 338 Å². The van der Waals surface area contributed by atoms with E-state index in [1.165, 1.54) is 11.1 Å². The Hall–Kier alpha value is -3.91. The van der Waals surface area contributed by atoms with Crippen molar-refractivity contribution >= 4 is 36.1 Å². The van der Waals surface area contributed by atoms with Crippen molar-refractivity contribution in [2.24, 2.45) is 4.99 Å². The van der Waals surface area contributed by atoms with E-state index >= 15 is 0 Å². The van der Waals surface area contributed by atoms with E-state index in [9.17, 15) is 0 Å². The van der Waals surface area contributed by atoms with Crippen LogP contribution < -0.4 is 4.52 Å². The standard InChI is InChI=1S/C48H58NO7P/c1-45(2,3)30-23-32-33-24-31(46(4,5)6)26-35(48(10,11)12)39(33)55-57(54-38(32)34(25-30)47(7,8)9)56-41-37-44(53-42(49-37)28-19-15-13-16-20-28)51-36-27-50-43(52-40(36)41)29-21-17-14-18-22-29/h13-26,36-37,40-41,43-44H,27H2,1-12H3/t36-,37-,40-,41-,43+,44-/m1/s1. The molecule has 2 fully saturated rings. The van der Waals surface area contributed by atoms with E-state index < -0.39 is 45.2 Å². The van der Waals surface area contributed by atoms with Gasteiger partial charge in [0.15, 0.2) is 6.29 Å². The van der Waals surface area contributed by atoms with Crippen LogP contribution in [0.4, 0.5) is 0 Å². The second-order valence-electron chi connectivity index (χ2n) is 19.9. The normalized spacial score (nSPS) is 24.2. The van der Waals surface area contributed by atoms with Gasteiger partial charge in [-0.3, -0.25) is 4.52 Å². The summed E-state index contributed by atoms with van der Waals surface area (Å²) in [6, 6.07) is 28.5. The number of aliphatic imine (C=N–C) groups is 1. The first-order valence-electron chi connectivity index (χ1n) is 20.2. The molecule has 0 aliphatic carbocycles. The van der Waals surface area contributed by atoms with Gasteiger partial charge in [0, 0.05) is 33.0 Å². The lowest BCUT2D eigenvalue weighted by molar-refractivity contribution is -0.324. The monoisotopic (exact) mass is 791 g/mol. The van der Waals surface area contributed by atoms with Gasteiger partial charge in [-0.15, -0.1) is 0 Å². The summed E-state index contributed by atoms with van der Waals surface area (Å²) in [6.07, 6.45) is -3.05. The van der Waals surface area contributed by atoms with Crippen molar-refractivity contribution in [1.29, 1.82) is 0 Å². The van der Waals surface area contributed by atoms with Crippen LogP contribution in [0.1, 0.15) is 123 Å². The smallest absolute Gasteiger partial charge is 0.387 e. The second kappa shape index (κ2) is 14.4. The summed E-state index contributed by atoms with van der Waals surface area (Å²) in [7, 11) is -2.09. The minimum atomic E-state index is -2.09. The molecule has 3 aliphatic rings. The van der Waals surface area contributed by atoms with Crippen molar-refractivity contribution < 1.29 is 31.9 Å². The Morgan fingerprint density at radius 3 is 1.67 bits per heavy atom. The molecule has 2 saturated heterocycles. The van der Waals surface area contributed by atoms with Gasteiger partial charge in [-0.1, -0.05) is 144 Å². The SMILES string of the molecule is CC(C)(C)c1cc(C(C)(C)C)c2op(O[C@@H]3[C@H]4N=C(c5ccccc5)O[C@H]4O[C@@H]4CO[C@H](c5ccccc5)O[C@@H]34)oc3c(C(C)(C)C)cc(C(C)(C)C)cc3c2c1. The lowest BCUT2D eigenvalue weighted by atomic mass is 9.77. The topological polar surface area (TPSA) is 84.8 Å². The predicted octanol–water partition coefficient (Wildman–Crippen LogP) is 12.0. The summed E-state index contributed by atoms with van der Waals surface area (Å²) in [5.41, 5.74) is 7.23. The number of fused-ring (bicyclic) bond motifs is 5. The highest BCUT2D eigenvalue weighted by Crippen LogP contribution is 2.47. The zero-order valence-corrected chi connectivity index (χ0v) is 36.4. The molecule has 0 amide bonds. The maximum absolute atomic E-state index is 7.28. The van der Waals surface area contributed by atoms with Gasteiger partial charge in [0.2, 0.25) is 12.2 Å². The van der Waals surface area contributed by atoms with Crippen LogP contribution in [-0.4, -0.2) is 43.1 Å². The molecule has 9 heteroatoms. The van der Waals surface area contributed by atoms with Crippen molar-refractivity contribution in [3.63, 3.8) is 0 Å². The summed E-state index contributed by atoms with van der Waals surface area (Å²) in [4.78, 5) is 5.14. The van der Waals surface area contributed by atoms with Crippen molar-refractivity contribution in [2.75, 3.05) is 6.61 Å². The van der Waals surface area contributed by atoms with Crippen LogP contribution in [0.25, 0.3) is 21.9 Å². The maximum Gasteiger partial charge on any atom is 0.387 e. The first-order chi connectivity index (χ1) is 26.8. The van der Waals surface area contributed by atoms with Gasteiger partial charge >= 0.3 is 8.24 Å². The highest BCUT2D eigenvalue weighted by atomic mass is 31.1. The molecule has 0 saturated carbocycles. The van der Waals surface area contributed by atoms with Crippen molar-refractivity contribution in [3.8, 4) is 0 Å². The fraction of sp³-hybridized carbons (Fsp3) is 0.479. The maximum atomic E-state index is 7.28. The predicted molar refractivity (Wildman–Crippen MR) is 228 cm³/mol. The second-order valence-corrected chi connectivity index (χ2v) is 20.9. The Morgan fingerprint density at radius 2 is 1.16 bits per heavy atom. The number of ether oxygens (including phenoxy) is 4. The molecule has 3 aliphatic heterocycles. The fourth-order valence-electron chi connectivity index (χ4n) is 7.84. The van der Waals surface area contributed by atoms with E-state index in [1.807, 2.05) is 60.7 Å². The summed E-state index contributed by atoms with van der Waals surface area (Å²) in [5, 5.41) is 2.02. The first-order valence-corrected chi connectivity index (χ1v) is 21.3. The minimum Gasteiger partial charge on any atom is -0.445 e. The third-order valence-electron chi connectivity index (χ3n) is 11.2. The molecule has 57 heavy (non-hydrogen) atoms. The first kappa shape index (κ1) is 39.9. The molecule has 8 nitrogen and oxygen atoms in total. The van der Waals surface area contributed by atoms with E-state index in [0.29, 0.717) is 5.90 Å². The van der Waals surface area contributed by atoms with Crippen LogP contribution in [-0.2, 0) is 40.6 Å². The fourth-order valence-corrected chi connectivity index (χ4v) is 9.10. The molecule has 0 radical (unpaired) electrons. The molecule has 0 unspecified atom stereocenters. The van der Waals surface area contributed by atoms with Crippen LogP contribution >= 0.6 is 8.24 Å². The van der Waals surface area contributed by atoms with E-state index in [2.05, 4.69) is 107 Å². The van der Waals surface area contributed by atoms with Crippen LogP contribution in [0.15, 0.2) is 98.3 Å². The Morgan fingerprint density at radius 1 is 0.632 bits per heavy atom. The minimum absolute atomic E-state index is 0.114. The number of hydrogen-bond donors (Lipinski definition) is 0. The molecule has 4 heterocycles. The molecule has 5 aromatic rings. The molecule has 0 N–H and O–H groups in total. The van der Waals surface area contributed by atoms with Gasteiger partial charge in [0.25, 0.3) is 0 Å². The van der Waals surface area contributed by atoms with Gasteiger partial charge in [-0.25, -0.2) is 4.99 Å². The van der Waals surface area contributed by atoms with Gasteiger partial charge in [-0.05, 0) is 57.1 Å². The molecular formula is C48H58NO7P. The molecule has 8 rings (SSSR count). The van der Waals surface area contributed by atoms with E-state index in [4.69, 9.17) is 36.9 Å². The molecule has 6 atom stereocenters. The Balaban J connectivity index is 1.38. The van der Waals surface area contributed by atoms with Gasteiger partial charge in [0.05, 0.1) is 6.61 Å². The van der Waals surface area contributed by atoms with Gasteiger partial charge in [0.1, 0.15) is 35.5 Å². The van der Waals surface area contributed by atoms with Gasteiger partial charge < -0.3 is 27.3 Å².